The van der Waals surface area contributed by atoms with Crippen LogP contribution in [0.2, 0.25) is 0 Å². The van der Waals surface area contributed by atoms with Gasteiger partial charge in [0.05, 0.1) is 18.4 Å². The highest BCUT2D eigenvalue weighted by atomic mass is 32.2. The summed E-state index contributed by atoms with van der Waals surface area (Å²) in [5.74, 6) is 1.58. The Labute approximate surface area is 141 Å². The number of nitrogens with two attached hydrogens (primary N) is 2. The lowest BCUT2D eigenvalue weighted by Gasteiger charge is -2.18. The fourth-order valence-corrected chi connectivity index (χ4v) is 4.07. The first-order chi connectivity index (χ1) is 10.6. The number of rotatable bonds is 9. The Bertz CT molecular complexity index is 507. The molecule has 124 valence electrons. The number of anilines is 1. The summed E-state index contributed by atoms with van der Waals surface area (Å²) < 4.78 is 4.96. The number of hydrogen-bond donors (Lipinski definition) is 2. The lowest BCUT2D eigenvalue weighted by molar-refractivity contribution is 0.0595. The Morgan fingerprint density at radius 2 is 1.86 bits per heavy atom. The molecule has 0 amide bonds. The highest BCUT2D eigenvalue weighted by molar-refractivity contribution is 8.00. The number of nitrogen functional groups attached to an aromatic ring is 1. The Kier molecular flexibility index (Phi) is 8.75. The fourth-order valence-electron chi connectivity index (χ4n) is 2.06. The maximum Gasteiger partial charge on any atom is 0.339 e. The molecule has 0 spiro atoms. The van der Waals surface area contributed by atoms with Crippen LogP contribution < -0.4 is 11.5 Å². The van der Waals surface area contributed by atoms with Crippen LogP contribution in [0, 0.1) is 0 Å². The highest BCUT2D eigenvalue weighted by Gasteiger charge is 2.22. The molecule has 1 aromatic rings. The topological polar surface area (TPSA) is 78.3 Å². The van der Waals surface area contributed by atoms with Gasteiger partial charge in [-0.2, -0.15) is 0 Å². The van der Waals surface area contributed by atoms with Gasteiger partial charge in [-0.25, -0.2) is 4.79 Å². The van der Waals surface area contributed by atoms with Crippen molar-refractivity contribution in [1.82, 2.24) is 0 Å². The first-order valence-electron chi connectivity index (χ1n) is 7.59. The van der Waals surface area contributed by atoms with Crippen molar-refractivity contribution in [3.8, 4) is 0 Å². The van der Waals surface area contributed by atoms with E-state index in [4.69, 9.17) is 16.2 Å². The molecule has 0 saturated heterocycles. The minimum absolute atomic E-state index is 0.333. The van der Waals surface area contributed by atoms with E-state index in [-0.39, 0.29) is 5.97 Å². The smallest absolute Gasteiger partial charge is 0.339 e. The van der Waals surface area contributed by atoms with E-state index in [9.17, 15) is 4.79 Å². The maximum atomic E-state index is 12.2. The predicted octanol–water partition coefficient (Wildman–Crippen LogP) is 3.56. The van der Waals surface area contributed by atoms with E-state index in [1.54, 1.807) is 23.5 Å². The molecule has 22 heavy (non-hydrogen) atoms. The van der Waals surface area contributed by atoms with Gasteiger partial charge in [0.25, 0.3) is 0 Å². The number of esters is 1. The van der Waals surface area contributed by atoms with Crippen LogP contribution in [0.4, 0.5) is 5.69 Å². The van der Waals surface area contributed by atoms with E-state index in [1.807, 2.05) is 6.07 Å². The number of carbonyl (C=O) groups is 1. The highest BCUT2D eigenvalue weighted by Crippen LogP contribution is 2.39. The summed E-state index contributed by atoms with van der Waals surface area (Å²) in [6.45, 7) is 4.74. The summed E-state index contributed by atoms with van der Waals surface area (Å²) in [5, 5.41) is 0. The van der Waals surface area contributed by atoms with Gasteiger partial charge in [-0.05, 0) is 48.9 Å². The van der Waals surface area contributed by atoms with Gasteiger partial charge >= 0.3 is 5.97 Å². The van der Waals surface area contributed by atoms with Gasteiger partial charge in [0.1, 0.15) is 0 Å². The zero-order valence-corrected chi connectivity index (χ0v) is 15.2. The standard InChI is InChI=1S/C16H26N2O2S2/c1-4-8-21-12-10-11(6-7-17)13(16(19)20-3)15(14(12)18)22-9-5-2/h10H,4-9,17-18H2,1-3H3. The molecule has 0 aromatic heterocycles. The summed E-state index contributed by atoms with van der Waals surface area (Å²) in [5.41, 5.74) is 14.3. The van der Waals surface area contributed by atoms with Gasteiger partial charge in [-0.1, -0.05) is 13.8 Å². The van der Waals surface area contributed by atoms with Crippen LogP contribution in [0.25, 0.3) is 0 Å². The Morgan fingerprint density at radius 1 is 1.23 bits per heavy atom. The van der Waals surface area contributed by atoms with Gasteiger partial charge in [-0.15, -0.1) is 23.5 Å². The molecule has 0 aliphatic heterocycles. The van der Waals surface area contributed by atoms with Crippen LogP contribution in [0.1, 0.15) is 42.6 Å². The van der Waals surface area contributed by atoms with Crippen LogP contribution >= 0.6 is 23.5 Å². The van der Waals surface area contributed by atoms with E-state index in [0.717, 1.165) is 39.7 Å². The van der Waals surface area contributed by atoms with Gasteiger partial charge in [0.2, 0.25) is 0 Å². The predicted molar refractivity (Wildman–Crippen MR) is 97.0 cm³/mol. The van der Waals surface area contributed by atoms with Crippen LogP contribution in [-0.2, 0) is 11.2 Å². The van der Waals surface area contributed by atoms with Crippen molar-refractivity contribution < 1.29 is 9.53 Å². The first-order valence-corrected chi connectivity index (χ1v) is 9.57. The quantitative estimate of drug-likeness (QED) is 0.406. The van der Waals surface area contributed by atoms with Crippen molar-refractivity contribution in [2.24, 2.45) is 5.73 Å². The average molecular weight is 343 g/mol. The SMILES string of the molecule is CCCSc1cc(CCN)c(C(=O)OC)c(SCCC)c1N. The van der Waals surface area contributed by atoms with E-state index < -0.39 is 0 Å². The van der Waals surface area contributed by atoms with E-state index in [1.165, 1.54) is 7.11 Å². The van der Waals surface area contributed by atoms with Crippen molar-refractivity contribution in [1.29, 1.82) is 0 Å². The zero-order valence-electron chi connectivity index (χ0n) is 13.6. The van der Waals surface area contributed by atoms with Crippen molar-refractivity contribution in [2.75, 3.05) is 30.9 Å². The van der Waals surface area contributed by atoms with Crippen molar-refractivity contribution in [3.05, 3.63) is 17.2 Å². The van der Waals surface area contributed by atoms with E-state index >= 15 is 0 Å². The molecule has 0 radical (unpaired) electrons. The number of hydrogen-bond acceptors (Lipinski definition) is 6. The molecule has 0 heterocycles. The molecule has 0 aliphatic rings. The van der Waals surface area contributed by atoms with Crippen molar-refractivity contribution >= 4 is 35.2 Å². The summed E-state index contributed by atoms with van der Waals surface area (Å²) >= 11 is 3.36. The molecule has 0 atom stereocenters. The molecule has 1 rings (SSSR count). The second kappa shape index (κ2) is 10.0. The minimum atomic E-state index is -0.333. The first kappa shape index (κ1) is 19.2. The number of thioether (sulfide) groups is 2. The van der Waals surface area contributed by atoms with Gasteiger partial charge in [-0.3, -0.25) is 0 Å². The van der Waals surface area contributed by atoms with Crippen LogP contribution in [0.5, 0.6) is 0 Å². The Balaban J connectivity index is 3.41. The minimum Gasteiger partial charge on any atom is -0.465 e. The molecular weight excluding hydrogens is 316 g/mol. The van der Waals surface area contributed by atoms with E-state index in [0.29, 0.717) is 24.2 Å². The molecule has 0 saturated carbocycles. The molecule has 4 nitrogen and oxygen atoms in total. The van der Waals surface area contributed by atoms with Crippen molar-refractivity contribution in [3.63, 3.8) is 0 Å². The largest absolute Gasteiger partial charge is 0.465 e. The molecule has 0 aliphatic carbocycles. The summed E-state index contributed by atoms with van der Waals surface area (Å²) in [6, 6.07) is 2.00. The molecule has 0 unspecified atom stereocenters. The number of carbonyl (C=O) groups excluding carboxylic acids is 1. The number of benzene rings is 1. The molecule has 0 fully saturated rings. The van der Waals surface area contributed by atoms with Crippen LogP contribution in [-0.4, -0.2) is 31.1 Å². The number of ether oxygens (including phenoxy) is 1. The molecule has 4 N–H and O–H groups in total. The summed E-state index contributed by atoms with van der Waals surface area (Å²) in [7, 11) is 1.40. The third-order valence-corrected chi connectivity index (χ3v) is 5.67. The summed E-state index contributed by atoms with van der Waals surface area (Å²) in [6.07, 6.45) is 2.74. The second-order valence-corrected chi connectivity index (χ2v) is 7.12. The number of methoxy groups -OCH3 is 1. The lowest BCUT2D eigenvalue weighted by Crippen LogP contribution is -2.14. The van der Waals surface area contributed by atoms with Gasteiger partial charge in [0.15, 0.2) is 0 Å². The maximum absolute atomic E-state index is 12.2. The molecule has 1 aromatic carbocycles. The normalized spacial score (nSPS) is 10.7. The molecule has 6 heteroatoms. The Morgan fingerprint density at radius 3 is 2.41 bits per heavy atom. The molecule has 0 bridgehead atoms. The van der Waals surface area contributed by atoms with Crippen LogP contribution in [0.15, 0.2) is 15.9 Å². The van der Waals surface area contributed by atoms with Crippen LogP contribution in [0.3, 0.4) is 0 Å². The monoisotopic (exact) mass is 342 g/mol. The van der Waals surface area contributed by atoms with E-state index in [2.05, 4.69) is 13.8 Å². The molecular formula is C16H26N2O2S2. The third kappa shape index (κ3) is 4.83. The fraction of sp³-hybridized carbons (Fsp3) is 0.562. The summed E-state index contributed by atoms with van der Waals surface area (Å²) in [4.78, 5) is 14.1. The van der Waals surface area contributed by atoms with Gasteiger partial charge < -0.3 is 16.2 Å². The second-order valence-electron chi connectivity index (χ2n) is 4.88. The van der Waals surface area contributed by atoms with Gasteiger partial charge in [0, 0.05) is 9.79 Å². The zero-order chi connectivity index (χ0) is 16.5. The lowest BCUT2D eigenvalue weighted by atomic mass is 10.0. The average Bonchev–Trinajstić information content (AvgIpc) is 2.52. The van der Waals surface area contributed by atoms with Crippen molar-refractivity contribution in [2.45, 2.75) is 42.9 Å². The Hall–Kier alpha value is -0.850. The third-order valence-electron chi connectivity index (χ3n) is 3.08.